The van der Waals surface area contributed by atoms with Crippen molar-refractivity contribution in [1.82, 2.24) is 0 Å². The molecule has 1 heterocycles. The van der Waals surface area contributed by atoms with Gasteiger partial charge in [-0.3, -0.25) is 4.99 Å². The Balaban J connectivity index is 0.000000192. The predicted octanol–water partition coefficient (Wildman–Crippen LogP) is 7.27. The second kappa shape index (κ2) is 11.4. The fourth-order valence-corrected chi connectivity index (χ4v) is 5.57. The van der Waals surface area contributed by atoms with E-state index in [0.29, 0.717) is 5.92 Å². The molecule has 3 aromatic rings. The van der Waals surface area contributed by atoms with Gasteiger partial charge in [-0.25, -0.2) is 0 Å². The van der Waals surface area contributed by atoms with Crippen LogP contribution in [-0.2, 0) is 6.42 Å². The molecule has 3 aromatic carbocycles. The highest BCUT2D eigenvalue weighted by atomic mass is 14.9. The van der Waals surface area contributed by atoms with Crippen molar-refractivity contribution in [3.8, 4) is 0 Å². The SMILES string of the molecule is C1=CNc2ccccc2N=C1.CCCCCCC1C=c2ccccc2=c2ccc3c(c21)CCCC=3. The number of nitrogens with zero attached hydrogens (tertiary/aromatic N) is 1. The highest BCUT2D eigenvalue weighted by Crippen LogP contribution is 2.31. The van der Waals surface area contributed by atoms with Crippen molar-refractivity contribution >= 4 is 29.7 Å². The molecule has 6 rings (SSSR count). The number of nitrogens with one attached hydrogen (secondary N) is 1. The molecule has 0 saturated carbocycles. The van der Waals surface area contributed by atoms with Gasteiger partial charge in [0.15, 0.2) is 0 Å². The molecule has 178 valence electrons. The van der Waals surface area contributed by atoms with Gasteiger partial charge >= 0.3 is 0 Å². The van der Waals surface area contributed by atoms with Gasteiger partial charge in [-0.15, -0.1) is 0 Å². The smallest absolute Gasteiger partial charge is 0.0864 e. The number of rotatable bonds is 5. The average Bonchev–Trinajstić information content (AvgIpc) is 3.17. The van der Waals surface area contributed by atoms with E-state index in [0.717, 1.165) is 11.4 Å². The quantitative estimate of drug-likeness (QED) is 0.398. The van der Waals surface area contributed by atoms with Gasteiger partial charge in [0.2, 0.25) is 0 Å². The van der Waals surface area contributed by atoms with Crippen LogP contribution in [0.3, 0.4) is 0 Å². The van der Waals surface area contributed by atoms with Gasteiger partial charge in [-0.2, -0.15) is 0 Å². The topological polar surface area (TPSA) is 24.4 Å². The Kier molecular flexibility index (Phi) is 7.58. The van der Waals surface area contributed by atoms with Crippen LogP contribution in [0.4, 0.5) is 11.4 Å². The molecule has 1 aliphatic heterocycles. The van der Waals surface area contributed by atoms with Crippen LogP contribution < -0.4 is 15.8 Å². The minimum atomic E-state index is 0.605. The number of fused-ring (bicyclic) bond motifs is 5. The molecule has 1 atom stereocenters. The lowest BCUT2D eigenvalue weighted by Crippen LogP contribution is -2.22. The molecule has 1 unspecified atom stereocenters. The van der Waals surface area contributed by atoms with E-state index in [4.69, 9.17) is 0 Å². The third-order valence-electron chi connectivity index (χ3n) is 7.30. The fraction of sp³-hybridized carbons (Fsp3) is 0.303. The summed E-state index contributed by atoms with van der Waals surface area (Å²) >= 11 is 0. The van der Waals surface area contributed by atoms with E-state index in [1.807, 2.05) is 36.5 Å². The summed E-state index contributed by atoms with van der Waals surface area (Å²) in [7, 11) is 0. The second-order valence-corrected chi connectivity index (χ2v) is 9.70. The Labute approximate surface area is 209 Å². The van der Waals surface area contributed by atoms with E-state index in [1.165, 1.54) is 72.2 Å². The summed E-state index contributed by atoms with van der Waals surface area (Å²) in [6.07, 6.45) is 21.1. The van der Waals surface area contributed by atoms with Gasteiger partial charge in [0.05, 0.1) is 11.4 Å². The van der Waals surface area contributed by atoms with E-state index in [9.17, 15) is 0 Å². The minimum absolute atomic E-state index is 0.605. The Morgan fingerprint density at radius 2 is 1.77 bits per heavy atom. The van der Waals surface area contributed by atoms with E-state index >= 15 is 0 Å². The van der Waals surface area contributed by atoms with Gasteiger partial charge in [-0.1, -0.05) is 93.3 Å². The number of unbranched alkanes of at least 4 members (excludes halogenated alkanes) is 3. The molecule has 2 heteroatoms. The van der Waals surface area contributed by atoms with Crippen molar-refractivity contribution in [3.63, 3.8) is 0 Å². The van der Waals surface area contributed by atoms with Crippen LogP contribution in [0.5, 0.6) is 0 Å². The van der Waals surface area contributed by atoms with E-state index in [2.05, 4.69) is 65.8 Å². The van der Waals surface area contributed by atoms with Crippen molar-refractivity contribution in [3.05, 3.63) is 105 Å². The second-order valence-electron chi connectivity index (χ2n) is 9.70. The number of hydrogen-bond donors (Lipinski definition) is 1. The van der Waals surface area contributed by atoms with Crippen LogP contribution in [-0.4, -0.2) is 6.21 Å². The van der Waals surface area contributed by atoms with Gasteiger partial charge in [0.25, 0.3) is 0 Å². The summed E-state index contributed by atoms with van der Waals surface area (Å²) < 4.78 is 0. The summed E-state index contributed by atoms with van der Waals surface area (Å²) in [5.41, 5.74) is 5.33. The van der Waals surface area contributed by atoms with Crippen LogP contribution >= 0.6 is 0 Å². The maximum Gasteiger partial charge on any atom is 0.0864 e. The van der Waals surface area contributed by atoms with Crippen LogP contribution in [0, 0.1) is 10.4 Å². The molecule has 0 aromatic heterocycles. The highest BCUT2D eigenvalue weighted by molar-refractivity contribution is 5.81. The highest BCUT2D eigenvalue weighted by Gasteiger charge is 2.19. The summed E-state index contributed by atoms with van der Waals surface area (Å²) in [6, 6.07) is 21.7. The van der Waals surface area contributed by atoms with Crippen molar-refractivity contribution in [2.24, 2.45) is 4.99 Å². The lowest BCUT2D eigenvalue weighted by atomic mass is 9.81. The molecule has 35 heavy (non-hydrogen) atoms. The zero-order valence-electron chi connectivity index (χ0n) is 20.8. The number of allylic oxidation sites excluding steroid dienone is 1. The summed E-state index contributed by atoms with van der Waals surface area (Å²) in [6.45, 7) is 2.30. The summed E-state index contributed by atoms with van der Waals surface area (Å²) in [4.78, 5) is 4.21. The van der Waals surface area contributed by atoms with Gasteiger partial charge < -0.3 is 5.32 Å². The van der Waals surface area contributed by atoms with Crippen molar-refractivity contribution in [1.29, 1.82) is 0 Å². The molecule has 0 bridgehead atoms. The number of hydrogen-bond acceptors (Lipinski definition) is 2. The molecular formula is C33H36N2. The first kappa shape index (κ1) is 23.4. The number of para-hydroxylation sites is 2. The van der Waals surface area contributed by atoms with Gasteiger partial charge in [0, 0.05) is 18.3 Å². The number of aliphatic imine (C=N–C) groups is 1. The third-order valence-corrected chi connectivity index (χ3v) is 7.30. The summed E-state index contributed by atoms with van der Waals surface area (Å²) in [5, 5.41) is 9.00. The molecule has 0 amide bonds. The van der Waals surface area contributed by atoms with Crippen molar-refractivity contribution in [2.75, 3.05) is 5.32 Å². The first-order chi connectivity index (χ1) is 17.3. The third kappa shape index (κ3) is 5.32. The standard InChI is InChI=1S/C24H28.C9H8N2/c1-2-3-4-5-12-20-17-19-11-7-8-13-21(19)23-16-15-18-10-6-9-14-22(18)24(20)23;1-2-5-9-8(4-1)10-6-3-7-11-9/h7-8,10-11,13,15-17,20H,2-6,9,12,14H2,1H3;1-7,10H. The molecule has 0 radical (unpaired) electrons. The van der Waals surface area contributed by atoms with E-state index in [-0.39, 0.29) is 0 Å². The number of benzene rings is 3. The largest absolute Gasteiger partial charge is 0.360 e. The number of anilines is 1. The molecule has 0 saturated heterocycles. The van der Waals surface area contributed by atoms with Crippen LogP contribution in [0.15, 0.2) is 77.9 Å². The van der Waals surface area contributed by atoms with Gasteiger partial charge in [-0.05, 0) is 75.9 Å². The van der Waals surface area contributed by atoms with E-state index < -0.39 is 0 Å². The molecule has 2 nitrogen and oxygen atoms in total. The van der Waals surface area contributed by atoms with Crippen molar-refractivity contribution in [2.45, 2.75) is 64.2 Å². The molecule has 0 fully saturated rings. The Morgan fingerprint density at radius 1 is 0.886 bits per heavy atom. The van der Waals surface area contributed by atoms with Crippen LogP contribution in [0.2, 0.25) is 0 Å². The molecular weight excluding hydrogens is 424 g/mol. The monoisotopic (exact) mass is 460 g/mol. The van der Waals surface area contributed by atoms with Crippen molar-refractivity contribution < 1.29 is 0 Å². The Morgan fingerprint density at radius 3 is 2.71 bits per heavy atom. The average molecular weight is 461 g/mol. The zero-order valence-corrected chi connectivity index (χ0v) is 20.8. The van der Waals surface area contributed by atoms with Gasteiger partial charge in [0.1, 0.15) is 0 Å². The zero-order chi connectivity index (χ0) is 23.9. The Hall–Kier alpha value is -3.39. The molecule has 2 aliphatic carbocycles. The minimum Gasteiger partial charge on any atom is -0.360 e. The molecule has 0 spiro atoms. The molecule has 1 N–H and O–H groups in total. The van der Waals surface area contributed by atoms with Crippen LogP contribution in [0.1, 0.15) is 68.9 Å². The lowest BCUT2D eigenvalue weighted by Gasteiger charge is -2.23. The normalized spacial score (nSPS) is 16.5. The first-order valence-electron chi connectivity index (χ1n) is 13.3. The fourth-order valence-electron chi connectivity index (χ4n) is 5.57. The molecule has 3 aliphatic rings. The maximum atomic E-state index is 4.21. The Bertz CT molecular complexity index is 1450. The summed E-state index contributed by atoms with van der Waals surface area (Å²) in [5.74, 6) is 0.605. The van der Waals surface area contributed by atoms with E-state index in [1.54, 1.807) is 17.3 Å². The first-order valence-corrected chi connectivity index (χ1v) is 13.3. The van der Waals surface area contributed by atoms with Crippen LogP contribution in [0.25, 0.3) is 12.2 Å². The maximum absolute atomic E-state index is 4.21. The lowest BCUT2D eigenvalue weighted by molar-refractivity contribution is 0.608. The predicted molar refractivity (Wildman–Crippen MR) is 151 cm³/mol.